The molecule has 37 heavy (non-hydrogen) atoms. The van der Waals surface area contributed by atoms with Crippen LogP contribution in [0.15, 0.2) is 55.2 Å². The summed E-state index contributed by atoms with van der Waals surface area (Å²) in [5.74, 6) is -1.10. The van der Waals surface area contributed by atoms with Crippen molar-refractivity contribution in [2.75, 3.05) is 10.6 Å². The van der Waals surface area contributed by atoms with E-state index in [4.69, 9.17) is 11.6 Å². The molecule has 1 aromatic carbocycles. The number of nitrogens with zero attached hydrogens (tertiary/aromatic N) is 7. The summed E-state index contributed by atoms with van der Waals surface area (Å²) in [4.78, 5) is 34.4. The number of amides is 2. The highest BCUT2D eigenvalue weighted by Gasteiger charge is 2.41. The highest BCUT2D eigenvalue weighted by molar-refractivity contribution is 6.32. The first-order chi connectivity index (χ1) is 17.7. The standard InChI is InChI=1S/C22H11ClF3N9O2/c23-14-6-10(7-28-19(14)35-29-4-5-30-35)32-21(37)13-8-31-34(17(13)22(24,25)26)15-9-27-18-16-11(15)2-1-3-12(16)20(36)33-18/h1-9H,(H,32,37)(H,27,33,36). The summed E-state index contributed by atoms with van der Waals surface area (Å²) in [6.07, 6.45) is 1.03. The SMILES string of the molecule is O=C(Nc1cnc(-n2nccn2)c(Cl)c1)c1cnn(-c2cnc3c4c(cccc24)C(=O)N3)c1C(F)(F)F. The van der Waals surface area contributed by atoms with Crippen molar-refractivity contribution in [3.05, 3.63) is 77.1 Å². The smallest absolute Gasteiger partial charge is 0.320 e. The van der Waals surface area contributed by atoms with Gasteiger partial charge in [0.15, 0.2) is 11.5 Å². The van der Waals surface area contributed by atoms with E-state index in [1.165, 1.54) is 24.7 Å². The average molecular weight is 526 g/mol. The summed E-state index contributed by atoms with van der Waals surface area (Å²) in [5.41, 5.74) is -1.79. The number of anilines is 2. The molecule has 0 saturated carbocycles. The van der Waals surface area contributed by atoms with Crippen LogP contribution in [0, 0.1) is 0 Å². The van der Waals surface area contributed by atoms with Crippen molar-refractivity contribution in [3.63, 3.8) is 0 Å². The van der Waals surface area contributed by atoms with E-state index in [1.807, 2.05) is 0 Å². The van der Waals surface area contributed by atoms with Gasteiger partial charge in [0.25, 0.3) is 11.8 Å². The summed E-state index contributed by atoms with van der Waals surface area (Å²) in [6.45, 7) is 0. The zero-order valence-corrected chi connectivity index (χ0v) is 18.9. The van der Waals surface area contributed by atoms with Gasteiger partial charge in [-0.1, -0.05) is 23.7 Å². The van der Waals surface area contributed by atoms with E-state index in [9.17, 15) is 22.8 Å². The third-order valence-corrected chi connectivity index (χ3v) is 5.85. The number of aromatic nitrogens is 7. The molecule has 0 bridgehead atoms. The molecule has 1 aliphatic heterocycles. The lowest BCUT2D eigenvalue weighted by atomic mass is 10.1. The first kappa shape index (κ1) is 22.6. The molecule has 15 heteroatoms. The number of alkyl halides is 3. The number of carbonyl (C=O) groups excluding carboxylic acids is 2. The topological polar surface area (TPSA) is 133 Å². The largest absolute Gasteiger partial charge is 0.434 e. The summed E-state index contributed by atoms with van der Waals surface area (Å²) in [6, 6.07) is 5.93. The van der Waals surface area contributed by atoms with Crippen LogP contribution < -0.4 is 10.6 Å². The third kappa shape index (κ3) is 3.65. The van der Waals surface area contributed by atoms with E-state index in [1.54, 1.807) is 18.2 Å². The molecule has 0 fully saturated rings. The van der Waals surface area contributed by atoms with Crippen molar-refractivity contribution >= 4 is 45.7 Å². The van der Waals surface area contributed by atoms with Crippen molar-refractivity contribution in [3.8, 4) is 11.5 Å². The van der Waals surface area contributed by atoms with E-state index >= 15 is 0 Å². The number of nitrogens with one attached hydrogen (secondary N) is 2. The van der Waals surface area contributed by atoms with Gasteiger partial charge < -0.3 is 10.6 Å². The second kappa shape index (κ2) is 8.09. The van der Waals surface area contributed by atoms with Crippen LogP contribution in [-0.2, 0) is 6.18 Å². The first-order valence-electron chi connectivity index (χ1n) is 10.4. The quantitative estimate of drug-likeness (QED) is 0.364. The maximum atomic E-state index is 14.3. The predicted octanol–water partition coefficient (Wildman–Crippen LogP) is 3.89. The maximum absolute atomic E-state index is 14.3. The zero-order valence-electron chi connectivity index (χ0n) is 18.2. The van der Waals surface area contributed by atoms with Crippen LogP contribution in [0.2, 0.25) is 5.02 Å². The Bertz CT molecular complexity index is 1730. The molecule has 5 aromatic rings. The molecule has 1 aliphatic rings. The van der Waals surface area contributed by atoms with Gasteiger partial charge in [-0.15, -0.1) is 4.80 Å². The molecule has 0 aliphatic carbocycles. The van der Waals surface area contributed by atoms with E-state index in [2.05, 4.69) is 35.9 Å². The molecule has 11 nitrogen and oxygen atoms in total. The molecule has 184 valence electrons. The lowest BCUT2D eigenvalue weighted by molar-refractivity contribution is -0.143. The van der Waals surface area contributed by atoms with Crippen LogP contribution in [0.5, 0.6) is 0 Å². The molecule has 0 radical (unpaired) electrons. The second-order valence-electron chi connectivity index (χ2n) is 7.79. The van der Waals surface area contributed by atoms with E-state index in [0.717, 1.165) is 17.2 Å². The fourth-order valence-electron chi connectivity index (χ4n) is 4.05. The Labute approximate surface area is 208 Å². The molecule has 5 heterocycles. The highest BCUT2D eigenvalue weighted by Crippen LogP contribution is 2.38. The van der Waals surface area contributed by atoms with Gasteiger partial charge in [-0.05, 0) is 12.1 Å². The van der Waals surface area contributed by atoms with Gasteiger partial charge in [0.2, 0.25) is 0 Å². The number of pyridine rings is 2. The number of hydrogen-bond donors (Lipinski definition) is 2. The monoisotopic (exact) mass is 525 g/mol. The first-order valence-corrected chi connectivity index (χ1v) is 10.8. The third-order valence-electron chi connectivity index (χ3n) is 5.57. The fraction of sp³-hybridized carbons (Fsp3) is 0.0455. The van der Waals surface area contributed by atoms with E-state index < -0.39 is 29.2 Å². The Morgan fingerprint density at radius 1 is 1.05 bits per heavy atom. The Kier molecular flexibility index (Phi) is 4.94. The Hall–Kier alpha value is -4.85. The molecule has 2 amide bonds. The van der Waals surface area contributed by atoms with Crippen molar-refractivity contribution in [2.45, 2.75) is 6.18 Å². The van der Waals surface area contributed by atoms with Crippen LogP contribution in [0.4, 0.5) is 24.7 Å². The minimum Gasteiger partial charge on any atom is -0.320 e. The normalized spacial score (nSPS) is 12.7. The molecule has 0 saturated heterocycles. The lowest BCUT2D eigenvalue weighted by Crippen LogP contribution is -2.21. The van der Waals surface area contributed by atoms with Gasteiger partial charge in [0, 0.05) is 10.8 Å². The van der Waals surface area contributed by atoms with Gasteiger partial charge in [-0.2, -0.15) is 28.5 Å². The van der Waals surface area contributed by atoms with E-state index in [-0.39, 0.29) is 33.6 Å². The van der Waals surface area contributed by atoms with Crippen LogP contribution in [0.1, 0.15) is 26.4 Å². The predicted molar refractivity (Wildman–Crippen MR) is 124 cm³/mol. The Morgan fingerprint density at radius 2 is 1.84 bits per heavy atom. The van der Waals surface area contributed by atoms with Crippen molar-refractivity contribution in [1.29, 1.82) is 0 Å². The van der Waals surface area contributed by atoms with Gasteiger partial charge in [0.1, 0.15) is 5.82 Å². The maximum Gasteiger partial charge on any atom is 0.434 e. The number of benzene rings is 1. The molecule has 0 atom stereocenters. The molecule has 0 spiro atoms. The fourth-order valence-corrected chi connectivity index (χ4v) is 4.29. The van der Waals surface area contributed by atoms with Crippen molar-refractivity contribution in [2.24, 2.45) is 0 Å². The van der Waals surface area contributed by atoms with Gasteiger partial charge in [0.05, 0.1) is 58.5 Å². The molecular formula is C22H11ClF3N9O2. The van der Waals surface area contributed by atoms with Gasteiger partial charge in [-0.3, -0.25) is 9.59 Å². The summed E-state index contributed by atoms with van der Waals surface area (Å²) >= 11 is 6.19. The molecule has 4 aromatic heterocycles. The number of rotatable bonds is 4. The average Bonchev–Trinajstić information content (AvgIpc) is 3.60. The van der Waals surface area contributed by atoms with Crippen LogP contribution in [0.25, 0.3) is 22.3 Å². The molecular weight excluding hydrogens is 515 g/mol. The van der Waals surface area contributed by atoms with Crippen LogP contribution in [0.3, 0.4) is 0 Å². The highest BCUT2D eigenvalue weighted by atomic mass is 35.5. The summed E-state index contributed by atoms with van der Waals surface area (Å²) in [5, 5.41) is 17.3. The molecule has 2 N–H and O–H groups in total. The van der Waals surface area contributed by atoms with Crippen molar-refractivity contribution in [1.82, 2.24) is 34.7 Å². The Morgan fingerprint density at radius 3 is 2.57 bits per heavy atom. The van der Waals surface area contributed by atoms with Gasteiger partial charge in [-0.25, -0.2) is 14.6 Å². The van der Waals surface area contributed by atoms with Crippen molar-refractivity contribution < 1.29 is 22.8 Å². The van der Waals surface area contributed by atoms with Crippen LogP contribution >= 0.6 is 11.6 Å². The Balaban J connectivity index is 1.41. The molecule has 0 unspecified atom stereocenters. The van der Waals surface area contributed by atoms with Gasteiger partial charge >= 0.3 is 6.18 Å². The zero-order chi connectivity index (χ0) is 25.9. The summed E-state index contributed by atoms with van der Waals surface area (Å²) < 4.78 is 43.4. The minimum absolute atomic E-state index is 0.0448. The van der Waals surface area contributed by atoms with E-state index in [0.29, 0.717) is 15.5 Å². The second-order valence-corrected chi connectivity index (χ2v) is 8.20. The summed E-state index contributed by atoms with van der Waals surface area (Å²) in [7, 11) is 0. The number of carbonyl (C=O) groups is 2. The molecule has 6 rings (SSSR count). The lowest BCUT2D eigenvalue weighted by Gasteiger charge is -2.14. The number of halogens is 4. The number of hydrogen-bond acceptors (Lipinski definition) is 7. The minimum atomic E-state index is -4.97. The van der Waals surface area contributed by atoms with Crippen LogP contribution in [-0.4, -0.2) is 46.6 Å².